The Morgan fingerprint density at radius 3 is 3.06 bits per heavy atom. The minimum atomic E-state index is -0.414. The number of hydrogen-bond acceptors (Lipinski definition) is 3. The molecule has 1 aliphatic rings. The van der Waals surface area contributed by atoms with Gasteiger partial charge in [0, 0.05) is 12.6 Å². The average Bonchev–Trinajstić information content (AvgIpc) is 2.38. The molecular weight excluding hydrogens is 238 g/mol. The molecule has 1 aliphatic heterocycles. The fraction of sp³-hybridized carbons (Fsp3) is 0.250. The van der Waals surface area contributed by atoms with Crippen LogP contribution < -0.4 is 5.32 Å². The third-order valence-electron chi connectivity index (χ3n) is 2.49. The van der Waals surface area contributed by atoms with E-state index in [0.717, 1.165) is 11.1 Å². The highest BCUT2D eigenvalue weighted by Crippen LogP contribution is 2.22. The topological polar surface area (TPSA) is 53.8 Å². The minimum absolute atomic E-state index is 0.104. The van der Waals surface area contributed by atoms with Crippen LogP contribution in [0.5, 0.6) is 0 Å². The highest BCUT2D eigenvalue weighted by atomic mass is 35.5. The Morgan fingerprint density at radius 2 is 2.35 bits per heavy atom. The minimum Gasteiger partial charge on any atom is -0.355 e. The van der Waals surface area contributed by atoms with E-state index in [1.807, 2.05) is 24.3 Å². The van der Waals surface area contributed by atoms with E-state index in [4.69, 9.17) is 11.6 Å². The predicted octanol–water partition coefficient (Wildman–Crippen LogP) is 2.46. The van der Waals surface area contributed by atoms with Crippen LogP contribution in [-0.4, -0.2) is 25.0 Å². The molecule has 0 aliphatic carbocycles. The quantitative estimate of drug-likeness (QED) is 0.635. The first-order chi connectivity index (χ1) is 8.20. The van der Waals surface area contributed by atoms with Gasteiger partial charge >= 0.3 is 0 Å². The summed E-state index contributed by atoms with van der Waals surface area (Å²) in [6, 6.07) is 7.37. The lowest BCUT2D eigenvalue weighted by atomic mass is 10.0. The van der Waals surface area contributed by atoms with Crippen molar-refractivity contribution in [3.63, 3.8) is 0 Å². The molecule has 4 nitrogen and oxygen atoms in total. The number of azo groups is 1. The number of nitrogens with zero attached hydrogens (tertiary/aromatic N) is 2. The van der Waals surface area contributed by atoms with Crippen molar-refractivity contribution < 1.29 is 4.79 Å². The van der Waals surface area contributed by atoms with Gasteiger partial charge in [-0.1, -0.05) is 23.7 Å². The molecule has 2 rings (SSSR count). The second kappa shape index (κ2) is 5.10. The number of carbonyl (C=O) groups excluding carboxylic acids is 1. The van der Waals surface area contributed by atoms with Gasteiger partial charge in [-0.2, -0.15) is 10.2 Å². The van der Waals surface area contributed by atoms with Gasteiger partial charge in [-0.25, -0.2) is 0 Å². The van der Waals surface area contributed by atoms with Crippen molar-refractivity contribution in [3.8, 4) is 0 Å². The first kappa shape index (κ1) is 11.8. The normalized spacial score (nSPS) is 18.7. The summed E-state index contributed by atoms with van der Waals surface area (Å²) in [5.41, 5.74) is 2.16. The number of carbonyl (C=O) groups is 1. The van der Waals surface area contributed by atoms with E-state index < -0.39 is 5.50 Å². The van der Waals surface area contributed by atoms with Gasteiger partial charge in [-0.15, -0.1) is 0 Å². The second-order valence-corrected chi connectivity index (χ2v) is 4.09. The van der Waals surface area contributed by atoms with Gasteiger partial charge in [0.1, 0.15) is 0 Å². The van der Waals surface area contributed by atoms with Gasteiger partial charge in [0.25, 0.3) is 5.91 Å². The van der Waals surface area contributed by atoms with E-state index >= 15 is 0 Å². The van der Waals surface area contributed by atoms with Crippen molar-refractivity contribution in [1.82, 2.24) is 5.32 Å². The van der Waals surface area contributed by atoms with Crippen molar-refractivity contribution >= 4 is 23.1 Å². The summed E-state index contributed by atoms with van der Waals surface area (Å²) < 4.78 is 0. The Kier molecular flexibility index (Phi) is 3.54. The molecule has 0 spiro atoms. The van der Waals surface area contributed by atoms with Crippen LogP contribution in [0.3, 0.4) is 0 Å². The zero-order valence-corrected chi connectivity index (χ0v) is 10.1. The lowest BCUT2D eigenvalue weighted by Gasteiger charge is -2.11. The van der Waals surface area contributed by atoms with Gasteiger partial charge in [0.05, 0.1) is 6.54 Å². The third-order valence-corrected chi connectivity index (χ3v) is 2.71. The van der Waals surface area contributed by atoms with Crippen molar-refractivity contribution in [2.45, 2.75) is 5.50 Å². The molecule has 0 saturated carbocycles. The van der Waals surface area contributed by atoms with E-state index in [0.29, 0.717) is 12.1 Å². The molecule has 0 aromatic heterocycles. The fourth-order valence-corrected chi connectivity index (χ4v) is 1.85. The summed E-state index contributed by atoms with van der Waals surface area (Å²) in [6.07, 6.45) is 1.84. The fourth-order valence-electron chi connectivity index (χ4n) is 1.64. The standard InChI is InChI=1S/C12H12ClN3O/c1-14-12(17)9-4-2-3-8(5-9)10-6-11(13)16-15-7-10/h2-6,11H,7H2,1H3,(H,14,17). The summed E-state index contributed by atoms with van der Waals surface area (Å²) in [7, 11) is 1.61. The van der Waals surface area contributed by atoms with Crippen LogP contribution in [0, 0.1) is 0 Å². The predicted molar refractivity (Wildman–Crippen MR) is 67.2 cm³/mol. The maximum atomic E-state index is 11.5. The van der Waals surface area contributed by atoms with Crippen LogP contribution >= 0.6 is 11.6 Å². The summed E-state index contributed by atoms with van der Waals surface area (Å²) in [6.45, 7) is 0.500. The molecule has 1 heterocycles. The zero-order chi connectivity index (χ0) is 12.3. The SMILES string of the molecule is CNC(=O)c1cccc(C2=CC(Cl)N=NC2)c1. The molecule has 1 N–H and O–H groups in total. The number of alkyl halides is 1. The van der Waals surface area contributed by atoms with Gasteiger partial charge < -0.3 is 5.32 Å². The second-order valence-electron chi connectivity index (χ2n) is 3.64. The van der Waals surface area contributed by atoms with Gasteiger partial charge in [-0.3, -0.25) is 4.79 Å². The first-order valence-electron chi connectivity index (χ1n) is 5.24. The van der Waals surface area contributed by atoms with Crippen LogP contribution in [0.1, 0.15) is 15.9 Å². The Morgan fingerprint density at radius 1 is 1.53 bits per heavy atom. The molecule has 0 saturated heterocycles. The summed E-state index contributed by atoms with van der Waals surface area (Å²) in [5.74, 6) is -0.104. The van der Waals surface area contributed by atoms with Crippen molar-refractivity contribution in [2.75, 3.05) is 13.6 Å². The lowest BCUT2D eigenvalue weighted by molar-refractivity contribution is 0.0963. The van der Waals surface area contributed by atoms with E-state index in [9.17, 15) is 4.79 Å². The first-order valence-corrected chi connectivity index (χ1v) is 5.68. The van der Waals surface area contributed by atoms with Crippen molar-refractivity contribution in [1.29, 1.82) is 0 Å². The molecule has 1 atom stereocenters. The molecule has 1 aromatic rings. The Hall–Kier alpha value is -1.68. The highest BCUT2D eigenvalue weighted by molar-refractivity contribution is 6.22. The van der Waals surface area contributed by atoms with Crippen molar-refractivity contribution in [2.24, 2.45) is 10.2 Å². The summed E-state index contributed by atoms with van der Waals surface area (Å²) in [4.78, 5) is 11.5. The van der Waals surface area contributed by atoms with Crippen LogP contribution in [0.15, 0.2) is 40.6 Å². The number of nitrogens with one attached hydrogen (secondary N) is 1. The highest BCUT2D eigenvalue weighted by Gasteiger charge is 2.11. The number of rotatable bonds is 2. The molecule has 5 heteroatoms. The lowest BCUT2D eigenvalue weighted by Crippen LogP contribution is -2.17. The monoisotopic (exact) mass is 249 g/mol. The van der Waals surface area contributed by atoms with E-state index in [-0.39, 0.29) is 5.91 Å². The molecule has 1 aromatic carbocycles. The molecule has 0 radical (unpaired) electrons. The maximum absolute atomic E-state index is 11.5. The average molecular weight is 250 g/mol. The smallest absolute Gasteiger partial charge is 0.251 e. The number of benzene rings is 1. The van der Waals surface area contributed by atoms with E-state index in [1.165, 1.54) is 0 Å². The van der Waals surface area contributed by atoms with Crippen LogP contribution in [0.2, 0.25) is 0 Å². The van der Waals surface area contributed by atoms with Crippen molar-refractivity contribution in [3.05, 3.63) is 41.5 Å². The van der Waals surface area contributed by atoms with Crippen LogP contribution in [-0.2, 0) is 0 Å². The Bertz CT molecular complexity index is 496. The van der Waals surface area contributed by atoms with E-state index in [2.05, 4.69) is 15.5 Å². The molecule has 88 valence electrons. The largest absolute Gasteiger partial charge is 0.355 e. The zero-order valence-electron chi connectivity index (χ0n) is 9.35. The number of halogens is 1. The number of hydrogen-bond donors (Lipinski definition) is 1. The maximum Gasteiger partial charge on any atom is 0.251 e. The van der Waals surface area contributed by atoms with Gasteiger partial charge in [-0.05, 0) is 29.3 Å². The number of amides is 1. The Labute approximate surface area is 104 Å². The molecule has 1 unspecified atom stereocenters. The molecule has 1 amide bonds. The van der Waals surface area contributed by atoms with Crippen LogP contribution in [0.25, 0.3) is 5.57 Å². The summed E-state index contributed by atoms with van der Waals surface area (Å²) in [5, 5.41) is 10.3. The summed E-state index contributed by atoms with van der Waals surface area (Å²) >= 11 is 5.87. The molecule has 17 heavy (non-hydrogen) atoms. The molecule has 0 fully saturated rings. The van der Waals surface area contributed by atoms with E-state index in [1.54, 1.807) is 13.1 Å². The van der Waals surface area contributed by atoms with Gasteiger partial charge in [0.2, 0.25) is 0 Å². The van der Waals surface area contributed by atoms with Crippen LogP contribution in [0.4, 0.5) is 0 Å². The molecule has 0 bridgehead atoms. The third kappa shape index (κ3) is 2.71. The molecular formula is C12H12ClN3O. The van der Waals surface area contributed by atoms with Gasteiger partial charge in [0.15, 0.2) is 5.50 Å². The Balaban J connectivity index is 2.30.